The molecule has 0 radical (unpaired) electrons. The number of nitrogens with one attached hydrogen (secondary N) is 1. The topological polar surface area (TPSA) is 55.4 Å². The van der Waals surface area contributed by atoms with Crippen LogP contribution in [0.5, 0.6) is 0 Å². The van der Waals surface area contributed by atoms with E-state index in [4.69, 9.17) is 16.3 Å². The highest BCUT2D eigenvalue weighted by Gasteiger charge is 2.21. The van der Waals surface area contributed by atoms with Crippen molar-refractivity contribution in [3.05, 3.63) is 50.2 Å². The Morgan fingerprint density at radius 1 is 1.29 bits per heavy atom. The lowest BCUT2D eigenvalue weighted by Crippen LogP contribution is -2.21. The summed E-state index contributed by atoms with van der Waals surface area (Å²) >= 11 is 7.53. The molecule has 1 N–H and O–H groups in total. The fourth-order valence-corrected chi connectivity index (χ4v) is 4.08. The predicted octanol–water partition coefficient (Wildman–Crippen LogP) is 4.38. The van der Waals surface area contributed by atoms with Crippen molar-refractivity contribution < 1.29 is 14.3 Å². The van der Waals surface area contributed by atoms with Gasteiger partial charge in [0.2, 0.25) is 0 Å². The predicted molar refractivity (Wildman–Crippen MR) is 96.1 cm³/mol. The van der Waals surface area contributed by atoms with Gasteiger partial charge in [-0.05, 0) is 55.9 Å². The number of aryl methyl sites for hydroxylation is 2. The second kappa shape index (κ2) is 7.36. The van der Waals surface area contributed by atoms with Crippen LogP contribution in [-0.2, 0) is 22.4 Å². The standard InChI is InChI=1S/C18H18ClNO3S/c1-11-6-7-12(19)8-15(11)20-17(21)9-23-18(22)14-10-24-16-5-3-2-4-13(14)16/h6-8,10H,2-5,9H2,1H3,(H,20,21). The van der Waals surface area contributed by atoms with Crippen molar-refractivity contribution in [2.24, 2.45) is 0 Å². The van der Waals surface area contributed by atoms with Crippen LogP contribution in [-0.4, -0.2) is 18.5 Å². The summed E-state index contributed by atoms with van der Waals surface area (Å²) in [5, 5.41) is 5.10. The molecule has 2 aromatic rings. The summed E-state index contributed by atoms with van der Waals surface area (Å²) in [5.41, 5.74) is 3.23. The summed E-state index contributed by atoms with van der Waals surface area (Å²) in [6, 6.07) is 5.25. The zero-order valence-electron chi connectivity index (χ0n) is 13.4. The van der Waals surface area contributed by atoms with E-state index in [1.54, 1.807) is 23.5 Å². The van der Waals surface area contributed by atoms with E-state index in [2.05, 4.69) is 5.32 Å². The third kappa shape index (κ3) is 3.79. The number of carbonyl (C=O) groups excluding carboxylic acids is 2. The van der Waals surface area contributed by atoms with Crippen molar-refractivity contribution in [2.75, 3.05) is 11.9 Å². The molecule has 0 saturated carbocycles. The van der Waals surface area contributed by atoms with Crippen LogP contribution in [0.1, 0.15) is 39.2 Å². The van der Waals surface area contributed by atoms with E-state index in [1.165, 1.54) is 11.3 Å². The Hall–Kier alpha value is -1.85. The quantitative estimate of drug-likeness (QED) is 0.820. The maximum Gasteiger partial charge on any atom is 0.339 e. The Bertz CT molecular complexity index is 785. The van der Waals surface area contributed by atoms with Gasteiger partial charge in [-0.25, -0.2) is 4.79 Å². The summed E-state index contributed by atoms with van der Waals surface area (Å²) < 4.78 is 5.18. The van der Waals surface area contributed by atoms with Crippen LogP contribution in [0.3, 0.4) is 0 Å². The fourth-order valence-electron chi connectivity index (χ4n) is 2.79. The molecule has 24 heavy (non-hydrogen) atoms. The average Bonchev–Trinajstić information content (AvgIpc) is 3.00. The second-order valence-corrected chi connectivity index (χ2v) is 7.24. The molecule has 0 aliphatic heterocycles. The molecule has 0 unspecified atom stereocenters. The van der Waals surface area contributed by atoms with Gasteiger partial charge in [0.05, 0.1) is 5.56 Å². The summed E-state index contributed by atoms with van der Waals surface area (Å²) in [7, 11) is 0. The first-order valence-corrected chi connectivity index (χ1v) is 9.12. The Morgan fingerprint density at radius 3 is 2.92 bits per heavy atom. The third-order valence-corrected chi connectivity index (χ3v) is 5.41. The van der Waals surface area contributed by atoms with Gasteiger partial charge in [0, 0.05) is 21.0 Å². The van der Waals surface area contributed by atoms with Crippen LogP contribution in [0, 0.1) is 6.92 Å². The molecular formula is C18H18ClNO3S. The van der Waals surface area contributed by atoms with Crippen molar-refractivity contribution in [2.45, 2.75) is 32.6 Å². The number of fused-ring (bicyclic) bond motifs is 1. The van der Waals surface area contributed by atoms with Gasteiger partial charge in [0.1, 0.15) is 0 Å². The number of hydrogen-bond acceptors (Lipinski definition) is 4. The largest absolute Gasteiger partial charge is 0.452 e. The maximum absolute atomic E-state index is 12.2. The molecule has 0 bridgehead atoms. The smallest absolute Gasteiger partial charge is 0.339 e. The van der Waals surface area contributed by atoms with Gasteiger partial charge in [-0.15, -0.1) is 11.3 Å². The highest BCUT2D eigenvalue weighted by Crippen LogP contribution is 2.30. The van der Waals surface area contributed by atoms with Gasteiger partial charge in [-0.3, -0.25) is 4.79 Å². The zero-order valence-corrected chi connectivity index (χ0v) is 14.9. The Labute approximate surface area is 149 Å². The minimum atomic E-state index is -0.424. The summed E-state index contributed by atoms with van der Waals surface area (Å²) in [4.78, 5) is 25.5. The highest BCUT2D eigenvalue weighted by atomic mass is 35.5. The molecule has 0 spiro atoms. The first-order valence-electron chi connectivity index (χ1n) is 7.87. The summed E-state index contributed by atoms with van der Waals surface area (Å²) in [6.07, 6.45) is 4.21. The van der Waals surface area contributed by atoms with E-state index in [0.717, 1.165) is 30.4 Å². The third-order valence-electron chi connectivity index (χ3n) is 4.09. The van der Waals surface area contributed by atoms with E-state index in [0.29, 0.717) is 16.3 Å². The molecule has 4 nitrogen and oxygen atoms in total. The molecule has 0 saturated heterocycles. The molecule has 1 heterocycles. The molecule has 126 valence electrons. The van der Waals surface area contributed by atoms with Crippen LogP contribution >= 0.6 is 22.9 Å². The SMILES string of the molecule is Cc1ccc(Cl)cc1NC(=O)COC(=O)c1csc2c1CCCC2. The van der Waals surface area contributed by atoms with Crippen LogP contribution in [0.4, 0.5) is 5.69 Å². The molecule has 1 aromatic heterocycles. The Morgan fingerprint density at radius 2 is 2.08 bits per heavy atom. The van der Waals surface area contributed by atoms with Crippen molar-refractivity contribution in [3.8, 4) is 0 Å². The molecule has 3 rings (SSSR count). The lowest BCUT2D eigenvalue weighted by molar-refractivity contribution is -0.119. The molecule has 1 aromatic carbocycles. The first kappa shape index (κ1) is 17.0. The molecule has 6 heteroatoms. The van der Waals surface area contributed by atoms with Gasteiger partial charge in [0.15, 0.2) is 6.61 Å². The van der Waals surface area contributed by atoms with E-state index < -0.39 is 5.97 Å². The second-order valence-electron chi connectivity index (χ2n) is 5.84. The van der Waals surface area contributed by atoms with Crippen LogP contribution in [0.15, 0.2) is 23.6 Å². The minimum absolute atomic E-state index is 0.310. The Kier molecular flexibility index (Phi) is 5.21. The van der Waals surface area contributed by atoms with Gasteiger partial charge >= 0.3 is 5.97 Å². The summed E-state index contributed by atoms with van der Waals surface area (Å²) in [5.74, 6) is -0.801. The molecular weight excluding hydrogens is 346 g/mol. The van der Waals surface area contributed by atoms with Crippen molar-refractivity contribution >= 4 is 40.5 Å². The molecule has 1 amide bonds. The number of esters is 1. The average molecular weight is 364 g/mol. The van der Waals surface area contributed by atoms with Gasteiger partial charge in [-0.2, -0.15) is 0 Å². The minimum Gasteiger partial charge on any atom is -0.452 e. The number of thiophene rings is 1. The fraction of sp³-hybridized carbons (Fsp3) is 0.333. The van der Waals surface area contributed by atoms with E-state index in [1.807, 2.05) is 18.4 Å². The molecule has 1 aliphatic carbocycles. The first-order chi connectivity index (χ1) is 11.5. The van der Waals surface area contributed by atoms with Crippen LogP contribution in [0.2, 0.25) is 5.02 Å². The van der Waals surface area contributed by atoms with E-state index >= 15 is 0 Å². The number of rotatable bonds is 4. The highest BCUT2D eigenvalue weighted by molar-refractivity contribution is 7.10. The van der Waals surface area contributed by atoms with Crippen LogP contribution in [0.25, 0.3) is 0 Å². The molecule has 0 fully saturated rings. The maximum atomic E-state index is 12.2. The zero-order chi connectivity index (χ0) is 17.1. The molecule has 1 aliphatic rings. The molecule has 0 atom stereocenters. The van der Waals surface area contributed by atoms with Gasteiger partial charge < -0.3 is 10.1 Å². The van der Waals surface area contributed by atoms with Crippen LogP contribution < -0.4 is 5.32 Å². The normalized spacial score (nSPS) is 13.2. The van der Waals surface area contributed by atoms with Crippen molar-refractivity contribution in [1.82, 2.24) is 0 Å². The lowest BCUT2D eigenvalue weighted by atomic mass is 9.96. The lowest BCUT2D eigenvalue weighted by Gasteiger charge is -2.12. The number of benzene rings is 1. The Balaban J connectivity index is 1.59. The van der Waals surface area contributed by atoms with E-state index in [9.17, 15) is 9.59 Å². The number of ether oxygens (including phenoxy) is 1. The van der Waals surface area contributed by atoms with Gasteiger partial charge in [-0.1, -0.05) is 17.7 Å². The van der Waals surface area contributed by atoms with E-state index in [-0.39, 0.29) is 12.5 Å². The number of carbonyl (C=O) groups is 2. The number of halogens is 1. The number of hydrogen-bond donors (Lipinski definition) is 1. The van der Waals surface area contributed by atoms with Crippen molar-refractivity contribution in [1.29, 1.82) is 0 Å². The summed E-state index contributed by atoms with van der Waals surface area (Å²) in [6.45, 7) is 1.56. The number of amides is 1. The number of anilines is 1. The van der Waals surface area contributed by atoms with Crippen molar-refractivity contribution in [3.63, 3.8) is 0 Å². The van der Waals surface area contributed by atoms with Gasteiger partial charge in [0.25, 0.3) is 5.91 Å². The monoisotopic (exact) mass is 363 g/mol.